The van der Waals surface area contributed by atoms with Crippen molar-refractivity contribution in [2.45, 2.75) is 32.9 Å². The third-order valence-electron chi connectivity index (χ3n) is 2.50. The van der Waals surface area contributed by atoms with Crippen LogP contribution < -0.4 is 10.6 Å². The highest BCUT2D eigenvalue weighted by Crippen LogP contribution is 2.08. The Morgan fingerprint density at radius 1 is 1.42 bits per heavy atom. The average molecular weight is 284 g/mol. The minimum Gasteiger partial charge on any atom is -0.467 e. The predicted molar refractivity (Wildman–Crippen MR) is 74.9 cm³/mol. The summed E-state index contributed by atoms with van der Waals surface area (Å²) in [5.41, 5.74) is 0. The highest BCUT2D eigenvalue weighted by Gasteiger charge is 2.22. The normalized spacial score (nSPS) is 12.0. The maximum Gasteiger partial charge on any atom is 0.328 e. The Balaban J connectivity index is 2.44. The molecule has 1 unspecified atom stereocenters. The quantitative estimate of drug-likeness (QED) is 0.786. The van der Waals surface area contributed by atoms with Crippen LogP contribution in [0, 0.1) is 5.92 Å². The van der Waals surface area contributed by atoms with Crippen LogP contribution in [0.1, 0.15) is 25.1 Å². The second kappa shape index (κ2) is 7.78. The smallest absolute Gasteiger partial charge is 0.328 e. The number of hydrogen-bond acceptors (Lipinski definition) is 4. The Morgan fingerprint density at radius 3 is 2.68 bits per heavy atom. The van der Waals surface area contributed by atoms with E-state index in [4.69, 9.17) is 0 Å². The van der Waals surface area contributed by atoms with Crippen LogP contribution in [-0.4, -0.2) is 25.2 Å². The first-order valence-corrected chi connectivity index (χ1v) is 7.05. The number of rotatable bonds is 6. The summed E-state index contributed by atoms with van der Waals surface area (Å²) in [5, 5.41) is 7.31. The summed E-state index contributed by atoms with van der Waals surface area (Å²) in [6.07, 6.45) is 0.555. The molecular weight excluding hydrogens is 264 g/mol. The van der Waals surface area contributed by atoms with Gasteiger partial charge in [-0.05, 0) is 23.8 Å². The number of esters is 1. The van der Waals surface area contributed by atoms with Gasteiger partial charge >= 0.3 is 12.0 Å². The summed E-state index contributed by atoms with van der Waals surface area (Å²) in [6, 6.07) is 2.91. The van der Waals surface area contributed by atoms with Gasteiger partial charge in [0.2, 0.25) is 0 Å². The first-order valence-electron chi connectivity index (χ1n) is 6.17. The number of hydrogen-bond donors (Lipinski definition) is 2. The van der Waals surface area contributed by atoms with E-state index in [0.717, 1.165) is 4.88 Å². The lowest BCUT2D eigenvalue weighted by Crippen LogP contribution is -2.46. The first kappa shape index (κ1) is 15.5. The molecule has 2 amide bonds. The number of nitrogens with one attached hydrogen (secondary N) is 2. The molecule has 0 saturated heterocycles. The standard InChI is InChI=1S/C13H20N2O3S/c1-9(2)7-11(12(16)18-3)15-13(17)14-8-10-5-4-6-19-10/h4-6,9,11H,7-8H2,1-3H3,(H2,14,15,17). The number of amides is 2. The second-order valence-electron chi connectivity index (χ2n) is 4.61. The minimum atomic E-state index is -0.603. The van der Waals surface area contributed by atoms with Crippen LogP contribution in [0.3, 0.4) is 0 Å². The van der Waals surface area contributed by atoms with Crippen molar-refractivity contribution in [2.24, 2.45) is 5.92 Å². The molecule has 0 saturated carbocycles. The predicted octanol–water partition coefficient (Wildman–Crippen LogP) is 2.13. The average Bonchev–Trinajstić information content (AvgIpc) is 2.87. The van der Waals surface area contributed by atoms with Crippen molar-refractivity contribution < 1.29 is 14.3 Å². The van der Waals surface area contributed by atoms with Gasteiger partial charge in [0.1, 0.15) is 6.04 Å². The summed E-state index contributed by atoms with van der Waals surface area (Å²) in [7, 11) is 1.32. The van der Waals surface area contributed by atoms with Gasteiger partial charge in [0.05, 0.1) is 13.7 Å². The van der Waals surface area contributed by atoms with E-state index < -0.39 is 12.0 Å². The van der Waals surface area contributed by atoms with E-state index in [2.05, 4.69) is 15.4 Å². The number of carbonyl (C=O) groups excluding carboxylic acids is 2. The second-order valence-corrected chi connectivity index (χ2v) is 5.64. The molecule has 0 aromatic carbocycles. The fourth-order valence-corrected chi connectivity index (χ4v) is 2.26. The lowest BCUT2D eigenvalue weighted by Gasteiger charge is -2.18. The summed E-state index contributed by atoms with van der Waals surface area (Å²) >= 11 is 1.57. The van der Waals surface area contributed by atoms with Gasteiger partial charge in [-0.2, -0.15) is 0 Å². The molecule has 1 atom stereocenters. The van der Waals surface area contributed by atoms with Crippen molar-refractivity contribution in [3.05, 3.63) is 22.4 Å². The maximum absolute atomic E-state index is 11.7. The van der Waals surface area contributed by atoms with Gasteiger partial charge < -0.3 is 15.4 Å². The van der Waals surface area contributed by atoms with E-state index in [1.165, 1.54) is 7.11 Å². The Hall–Kier alpha value is -1.56. The molecule has 106 valence electrons. The summed E-state index contributed by atoms with van der Waals surface area (Å²) < 4.78 is 4.69. The van der Waals surface area contributed by atoms with Crippen molar-refractivity contribution >= 4 is 23.3 Å². The fourth-order valence-electron chi connectivity index (χ4n) is 1.62. The van der Waals surface area contributed by atoms with Crippen LogP contribution in [0.4, 0.5) is 4.79 Å². The van der Waals surface area contributed by atoms with Crippen LogP contribution in [0.25, 0.3) is 0 Å². The monoisotopic (exact) mass is 284 g/mol. The molecule has 0 spiro atoms. The Kier molecular flexibility index (Phi) is 6.35. The summed E-state index contributed by atoms with van der Waals surface area (Å²) in [4.78, 5) is 24.3. The SMILES string of the molecule is COC(=O)C(CC(C)C)NC(=O)NCc1cccs1. The summed E-state index contributed by atoms with van der Waals surface area (Å²) in [5.74, 6) is -0.123. The third kappa shape index (κ3) is 5.74. The lowest BCUT2D eigenvalue weighted by molar-refractivity contribution is -0.143. The van der Waals surface area contributed by atoms with Crippen LogP contribution in [-0.2, 0) is 16.1 Å². The van der Waals surface area contributed by atoms with Crippen molar-refractivity contribution in [1.29, 1.82) is 0 Å². The molecule has 0 aliphatic rings. The highest BCUT2D eigenvalue weighted by molar-refractivity contribution is 7.09. The van der Waals surface area contributed by atoms with E-state index in [1.807, 2.05) is 31.4 Å². The molecule has 1 heterocycles. The molecule has 0 bridgehead atoms. The number of ether oxygens (including phenoxy) is 1. The largest absolute Gasteiger partial charge is 0.467 e. The van der Waals surface area contributed by atoms with E-state index in [-0.39, 0.29) is 6.03 Å². The van der Waals surface area contributed by atoms with E-state index in [0.29, 0.717) is 18.9 Å². The van der Waals surface area contributed by atoms with Crippen molar-refractivity contribution in [3.63, 3.8) is 0 Å². The zero-order valence-electron chi connectivity index (χ0n) is 11.4. The zero-order valence-corrected chi connectivity index (χ0v) is 12.3. The van der Waals surface area contributed by atoms with Gasteiger partial charge in [-0.1, -0.05) is 19.9 Å². The summed E-state index contributed by atoms with van der Waals surface area (Å²) in [6.45, 7) is 4.43. The van der Waals surface area contributed by atoms with Gasteiger partial charge in [-0.15, -0.1) is 11.3 Å². The van der Waals surface area contributed by atoms with Gasteiger partial charge in [0, 0.05) is 4.88 Å². The Morgan fingerprint density at radius 2 is 2.16 bits per heavy atom. The molecule has 1 aromatic rings. The van der Waals surface area contributed by atoms with Gasteiger partial charge in [0.15, 0.2) is 0 Å². The molecule has 2 N–H and O–H groups in total. The van der Waals surface area contributed by atoms with Gasteiger partial charge in [0.25, 0.3) is 0 Å². The molecule has 1 rings (SSSR count). The van der Waals surface area contributed by atoms with Crippen molar-refractivity contribution in [1.82, 2.24) is 10.6 Å². The van der Waals surface area contributed by atoms with Gasteiger partial charge in [-0.3, -0.25) is 0 Å². The van der Waals surface area contributed by atoms with E-state index >= 15 is 0 Å². The fraction of sp³-hybridized carbons (Fsp3) is 0.538. The Labute approximate surface area is 117 Å². The zero-order chi connectivity index (χ0) is 14.3. The van der Waals surface area contributed by atoms with Gasteiger partial charge in [-0.25, -0.2) is 9.59 Å². The Bertz CT molecular complexity index is 404. The number of carbonyl (C=O) groups is 2. The van der Waals surface area contributed by atoms with Crippen LogP contribution in [0.2, 0.25) is 0 Å². The third-order valence-corrected chi connectivity index (χ3v) is 3.38. The van der Waals surface area contributed by atoms with Crippen LogP contribution in [0.15, 0.2) is 17.5 Å². The number of thiophene rings is 1. The highest BCUT2D eigenvalue weighted by atomic mass is 32.1. The molecule has 0 aliphatic heterocycles. The molecule has 0 fully saturated rings. The lowest BCUT2D eigenvalue weighted by atomic mass is 10.0. The molecular formula is C13H20N2O3S. The van der Waals surface area contributed by atoms with E-state index in [1.54, 1.807) is 11.3 Å². The number of urea groups is 1. The molecule has 0 radical (unpaired) electrons. The first-order chi connectivity index (χ1) is 9.02. The molecule has 19 heavy (non-hydrogen) atoms. The van der Waals surface area contributed by atoms with Crippen molar-refractivity contribution in [2.75, 3.05) is 7.11 Å². The number of methoxy groups -OCH3 is 1. The molecule has 5 nitrogen and oxygen atoms in total. The topological polar surface area (TPSA) is 67.4 Å². The van der Waals surface area contributed by atoms with Crippen LogP contribution in [0.5, 0.6) is 0 Å². The van der Waals surface area contributed by atoms with E-state index in [9.17, 15) is 9.59 Å². The maximum atomic E-state index is 11.7. The van der Waals surface area contributed by atoms with Crippen molar-refractivity contribution in [3.8, 4) is 0 Å². The molecule has 6 heteroatoms. The van der Waals surface area contributed by atoms with Crippen LogP contribution >= 0.6 is 11.3 Å². The minimum absolute atomic E-state index is 0.293. The molecule has 1 aromatic heterocycles. The molecule has 0 aliphatic carbocycles.